The second kappa shape index (κ2) is 12.9. The fourth-order valence-corrected chi connectivity index (χ4v) is 4.25. The summed E-state index contributed by atoms with van der Waals surface area (Å²) >= 11 is 0. The van der Waals surface area contributed by atoms with Crippen LogP contribution < -0.4 is 10.1 Å². The summed E-state index contributed by atoms with van der Waals surface area (Å²) in [5, 5.41) is 3.10. The number of benzene rings is 3. The van der Waals surface area contributed by atoms with Gasteiger partial charge in [0.2, 0.25) is 5.91 Å². The van der Waals surface area contributed by atoms with E-state index in [1.807, 2.05) is 95.3 Å². The SMILES string of the molecule is CC[C@@H](C)NC(=O)[C@H](Cc1ccccc1)N(Cc1cccc(C)c1)C(=O)COc1cc(C)cc(C)c1. The summed E-state index contributed by atoms with van der Waals surface area (Å²) in [5.41, 5.74) is 5.23. The average Bonchev–Trinajstić information content (AvgIpc) is 2.84. The summed E-state index contributed by atoms with van der Waals surface area (Å²) in [4.78, 5) is 28.9. The van der Waals surface area contributed by atoms with E-state index in [0.29, 0.717) is 18.7 Å². The molecule has 5 heteroatoms. The number of aryl methyl sites for hydroxylation is 3. The third kappa shape index (κ3) is 7.98. The Kier molecular flexibility index (Phi) is 9.69. The van der Waals surface area contributed by atoms with E-state index in [2.05, 4.69) is 17.4 Å². The number of rotatable bonds is 11. The lowest BCUT2D eigenvalue weighted by atomic mass is 10.0. The fraction of sp³-hybridized carbons (Fsp3) is 0.355. The Morgan fingerprint density at radius 2 is 1.53 bits per heavy atom. The van der Waals surface area contributed by atoms with Crippen LogP contribution in [0.5, 0.6) is 5.75 Å². The van der Waals surface area contributed by atoms with Crippen molar-refractivity contribution in [3.63, 3.8) is 0 Å². The van der Waals surface area contributed by atoms with Crippen molar-refractivity contribution in [3.05, 3.63) is 101 Å². The normalized spacial score (nSPS) is 12.5. The molecule has 0 spiro atoms. The van der Waals surface area contributed by atoms with Gasteiger partial charge in [-0.1, -0.05) is 73.2 Å². The minimum Gasteiger partial charge on any atom is -0.484 e. The summed E-state index contributed by atoms with van der Waals surface area (Å²) in [6.07, 6.45) is 1.23. The van der Waals surface area contributed by atoms with Crippen LogP contribution in [-0.4, -0.2) is 35.4 Å². The lowest BCUT2D eigenvalue weighted by Gasteiger charge is -2.32. The first-order valence-corrected chi connectivity index (χ1v) is 12.7. The highest BCUT2D eigenvalue weighted by Gasteiger charge is 2.31. The minimum atomic E-state index is -0.669. The van der Waals surface area contributed by atoms with E-state index < -0.39 is 6.04 Å². The number of carbonyl (C=O) groups is 2. The molecule has 0 aliphatic carbocycles. The summed E-state index contributed by atoms with van der Waals surface area (Å²) < 4.78 is 5.93. The molecule has 1 N–H and O–H groups in total. The Bertz CT molecular complexity index is 1140. The number of nitrogens with zero attached hydrogens (tertiary/aromatic N) is 1. The van der Waals surface area contributed by atoms with E-state index in [-0.39, 0.29) is 24.5 Å². The minimum absolute atomic E-state index is 0.0122. The Balaban J connectivity index is 1.92. The Labute approximate surface area is 215 Å². The van der Waals surface area contributed by atoms with Crippen LogP contribution in [0, 0.1) is 20.8 Å². The lowest BCUT2D eigenvalue weighted by Crippen LogP contribution is -2.53. The van der Waals surface area contributed by atoms with Crippen molar-refractivity contribution in [1.29, 1.82) is 0 Å². The van der Waals surface area contributed by atoms with Crippen LogP contribution in [0.3, 0.4) is 0 Å². The largest absolute Gasteiger partial charge is 0.484 e. The highest BCUT2D eigenvalue weighted by atomic mass is 16.5. The standard InChI is InChI=1S/C31H38N2O3/c1-6-25(5)32-31(35)29(19-26-12-8-7-9-13-26)33(20-27-14-10-11-22(2)16-27)30(34)21-36-28-17-23(3)15-24(4)18-28/h7-18,25,29H,6,19-21H2,1-5H3,(H,32,35)/t25-,29+/m1/s1. The van der Waals surface area contributed by atoms with Gasteiger partial charge in [0.25, 0.3) is 5.91 Å². The molecule has 2 amide bonds. The topological polar surface area (TPSA) is 58.6 Å². The van der Waals surface area contributed by atoms with Crippen molar-refractivity contribution in [2.75, 3.05) is 6.61 Å². The molecule has 0 aromatic heterocycles. The molecule has 3 aromatic rings. The maximum Gasteiger partial charge on any atom is 0.261 e. The molecule has 0 aliphatic rings. The quantitative estimate of drug-likeness (QED) is 0.387. The number of nitrogens with one attached hydrogen (secondary N) is 1. The summed E-state index contributed by atoms with van der Waals surface area (Å²) in [6, 6.07) is 23.1. The van der Waals surface area contributed by atoms with Crippen molar-refractivity contribution in [2.24, 2.45) is 0 Å². The van der Waals surface area contributed by atoms with Gasteiger partial charge in [-0.3, -0.25) is 9.59 Å². The van der Waals surface area contributed by atoms with Crippen LogP contribution in [0.4, 0.5) is 0 Å². The average molecular weight is 487 g/mol. The van der Waals surface area contributed by atoms with E-state index in [1.165, 1.54) is 0 Å². The second-order valence-corrected chi connectivity index (χ2v) is 9.65. The van der Waals surface area contributed by atoms with Crippen molar-refractivity contribution >= 4 is 11.8 Å². The molecule has 2 atom stereocenters. The molecule has 3 rings (SSSR count). The summed E-state index contributed by atoms with van der Waals surface area (Å²) in [5.74, 6) is 0.275. The van der Waals surface area contributed by atoms with Gasteiger partial charge >= 0.3 is 0 Å². The van der Waals surface area contributed by atoms with Gasteiger partial charge in [-0.2, -0.15) is 0 Å². The smallest absolute Gasteiger partial charge is 0.261 e. The molecule has 0 heterocycles. The van der Waals surface area contributed by atoms with Gasteiger partial charge in [0.05, 0.1) is 0 Å². The fourth-order valence-electron chi connectivity index (χ4n) is 4.25. The van der Waals surface area contributed by atoms with Gasteiger partial charge in [-0.05, 0) is 68.5 Å². The van der Waals surface area contributed by atoms with Gasteiger partial charge < -0.3 is 15.0 Å². The van der Waals surface area contributed by atoms with Crippen molar-refractivity contribution in [1.82, 2.24) is 10.2 Å². The van der Waals surface area contributed by atoms with E-state index in [9.17, 15) is 9.59 Å². The van der Waals surface area contributed by atoms with Crippen LogP contribution in [0.25, 0.3) is 0 Å². The number of carbonyl (C=O) groups excluding carboxylic acids is 2. The van der Waals surface area contributed by atoms with Crippen molar-refractivity contribution in [2.45, 2.75) is 66.1 Å². The molecule has 0 saturated heterocycles. The third-order valence-electron chi connectivity index (χ3n) is 6.27. The molecule has 0 fully saturated rings. The predicted molar refractivity (Wildman–Crippen MR) is 145 cm³/mol. The van der Waals surface area contributed by atoms with Crippen LogP contribution in [0.2, 0.25) is 0 Å². The van der Waals surface area contributed by atoms with E-state index in [1.54, 1.807) is 4.90 Å². The molecule has 0 saturated carbocycles. The second-order valence-electron chi connectivity index (χ2n) is 9.65. The predicted octanol–water partition coefficient (Wildman–Crippen LogP) is 5.55. The number of amides is 2. The molecule has 36 heavy (non-hydrogen) atoms. The zero-order valence-corrected chi connectivity index (χ0v) is 22.1. The molecule has 5 nitrogen and oxygen atoms in total. The van der Waals surface area contributed by atoms with Crippen LogP contribution in [0.1, 0.15) is 48.1 Å². The molecule has 0 unspecified atom stereocenters. The van der Waals surface area contributed by atoms with Gasteiger partial charge in [-0.15, -0.1) is 0 Å². The van der Waals surface area contributed by atoms with Crippen LogP contribution >= 0.6 is 0 Å². The highest BCUT2D eigenvalue weighted by Crippen LogP contribution is 2.19. The maximum atomic E-state index is 13.7. The number of hydrogen-bond acceptors (Lipinski definition) is 3. The molecule has 3 aromatic carbocycles. The molecule has 0 bridgehead atoms. The van der Waals surface area contributed by atoms with Gasteiger partial charge in [0.15, 0.2) is 6.61 Å². The first-order valence-electron chi connectivity index (χ1n) is 12.7. The van der Waals surface area contributed by atoms with Gasteiger partial charge in [-0.25, -0.2) is 0 Å². The lowest BCUT2D eigenvalue weighted by molar-refractivity contribution is -0.143. The Morgan fingerprint density at radius 3 is 2.17 bits per heavy atom. The maximum absolute atomic E-state index is 13.7. The van der Waals surface area contributed by atoms with Crippen molar-refractivity contribution in [3.8, 4) is 5.75 Å². The van der Waals surface area contributed by atoms with Gasteiger partial charge in [0.1, 0.15) is 11.8 Å². The zero-order chi connectivity index (χ0) is 26.1. The van der Waals surface area contributed by atoms with E-state index in [4.69, 9.17) is 4.74 Å². The third-order valence-corrected chi connectivity index (χ3v) is 6.27. The molecular weight excluding hydrogens is 448 g/mol. The summed E-state index contributed by atoms with van der Waals surface area (Å²) in [6.45, 7) is 10.2. The first kappa shape index (κ1) is 27.0. The Morgan fingerprint density at radius 1 is 0.861 bits per heavy atom. The first-order chi connectivity index (χ1) is 17.2. The zero-order valence-electron chi connectivity index (χ0n) is 22.1. The number of ether oxygens (including phenoxy) is 1. The highest BCUT2D eigenvalue weighted by molar-refractivity contribution is 5.88. The van der Waals surface area contributed by atoms with Crippen molar-refractivity contribution < 1.29 is 14.3 Å². The molecular formula is C31H38N2O3. The van der Waals surface area contributed by atoms with Gasteiger partial charge in [0, 0.05) is 19.0 Å². The Hall–Kier alpha value is -3.60. The van der Waals surface area contributed by atoms with E-state index >= 15 is 0 Å². The summed E-state index contributed by atoms with van der Waals surface area (Å²) in [7, 11) is 0. The number of hydrogen-bond donors (Lipinski definition) is 1. The van der Waals surface area contributed by atoms with E-state index in [0.717, 1.165) is 34.2 Å². The monoisotopic (exact) mass is 486 g/mol. The van der Waals surface area contributed by atoms with Crippen LogP contribution in [-0.2, 0) is 22.6 Å². The molecule has 190 valence electrons. The van der Waals surface area contributed by atoms with Crippen LogP contribution in [0.15, 0.2) is 72.8 Å². The molecule has 0 radical (unpaired) electrons. The molecule has 0 aliphatic heterocycles.